The number of nitrogens with zero attached hydrogens (tertiary/aromatic N) is 1. The number of amides is 1. The lowest BCUT2D eigenvalue weighted by molar-refractivity contribution is -0.192. The Kier molecular flexibility index (Phi) is 5.47. The number of halogens is 3. The first-order chi connectivity index (χ1) is 11.9. The van der Waals surface area contributed by atoms with Gasteiger partial charge in [-0.05, 0) is 36.0 Å². The van der Waals surface area contributed by atoms with Crippen molar-refractivity contribution in [2.75, 3.05) is 12.8 Å². The summed E-state index contributed by atoms with van der Waals surface area (Å²) in [7, 11) is 1.75. The number of anilines is 1. The summed E-state index contributed by atoms with van der Waals surface area (Å²) in [6.45, 7) is 0.553. The van der Waals surface area contributed by atoms with Crippen LogP contribution in [-0.4, -0.2) is 57.5 Å². The Balaban J connectivity index is 0.000000298. The Labute approximate surface area is 146 Å². The van der Waals surface area contributed by atoms with Gasteiger partial charge in [-0.25, -0.2) is 4.79 Å². The highest BCUT2D eigenvalue weighted by Gasteiger charge is 2.38. The van der Waals surface area contributed by atoms with Crippen LogP contribution < -0.4 is 5.73 Å². The van der Waals surface area contributed by atoms with E-state index in [0.717, 1.165) is 11.1 Å². The molecule has 10 heteroatoms. The predicted octanol–water partition coefficient (Wildman–Crippen LogP) is 1.09. The largest absolute Gasteiger partial charge is 0.490 e. The highest BCUT2D eigenvalue weighted by molar-refractivity contribution is 6.03. The number of aliphatic hydroxyl groups is 2. The van der Waals surface area contributed by atoms with E-state index in [1.807, 2.05) is 6.07 Å². The number of carbonyl (C=O) groups is 2. The van der Waals surface area contributed by atoms with Crippen LogP contribution >= 0.6 is 0 Å². The lowest BCUT2D eigenvalue weighted by atomic mass is 9.90. The highest BCUT2D eigenvalue weighted by atomic mass is 19.4. The van der Waals surface area contributed by atoms with Gasteiger partial charge >= 0.3 is 12.1 Å². The van der Waals surface area contributed by atoms with E-state index in [4.69, 9.17) is 15.6 Å². The summed E-state index contributed by atoms with van der Waals surface area (Å²) in [5.41, 5.74) is 9.00. The Morgan fingerprint density at radius 1 is 1.23 bits per heavy atom. The first kappa shape index (κ1) is 20.0. The van der Waals surface area contributed by atoms with Crippen molar-refractivity contribution in [1.29, 1.82) is 0 Å². The van der Waals surface area contributed by atoms with Crippen molar-refractivity contribution in [3.05, 3.63) is 28.8 Å². The van der Waals surface area contributed by atoms with Gasteiger partial charge in [-0.1, -0.05) is 6.07 Å². The quantitative estimate of drug-likeness (QED) is 0.544. The zero-order valence-corrected chi connectivity index (χ0v) is 13.8. The molecule has 1 saturated carbocycles. The third kappa shape index (κ3) is 3.91. The number of carbonyl (C=O) groups excluding carboxylic acids is 1. The molecule has 7 nitrogen and oxygen atoms in total. The average Bonchev–Trinajstić information content (AvgIpc) is 3.00. The molecule has 1 heterocycles. The number of hydrogen-bond acceptors (Lipinski definition) is 5. The molecule has 1 aromatic rings. The normalized spacial score (nSPS) is 24.9. The van der Waals surface area contributed by atoms with E-state index in [1.165, 1.54) is 0 Å². The van der Waals surface area contributed by atoms with Gasteiger partial charge in [0.25, 0.3) is 5.91 Å². The van der Waals surface area contributed by atoms with Gasteiger partial charge in [0, 0.05) is 19.3 Å². The molecule has 1 amide bonds. The number of nitrogen functional groups attached to an aromatic ring is 1. The van der Waals surface area contributed by atoms with Crippen molar-refractivity contribution >= 4 is 17.6 Å². The van der Waals surface area contributed by atoms with Crippen LogP contribution in [0.4, 0.5) is 18.9 Å². The molecule has 0 bridgehead atoms. The van der Waals surface area contributed by atoms with Gasteiger partial charge in [0.2, 0.25) is 0 Å². The van der Waals surface area contributed by atoms with Crippen LogP contribution in [0, 0.1) is 0 Å². The van der Waals surface area contributed by atoms with Gasteiger partial charge in [0.15, 0.2) is 0 Å². The van der Waals surface area contributed by atoms with Crippen LogP contribution in [0.3, 0.4) is 0 Å². The molecule has 3 rings (SSSR count). The fraction of sp³-hybridized carbons (Fsp3) is 0.500. The molecule has 0 aromatic heterocycles. The molecule has 1 aromatic carbocycles. The smallest absolute Gasteiger partial charge is 0.475 e. The van der Waals surface area contributed by atoms with E-state index in [-0.39, 0.29) is 11.8 Å². The number of hydrogen-bond donors (Lipinski definition) is 4. The standard InChI is InChI=1S/C14H18N2O3.C2HF3O2/c1-16-6-9-8(7-4-11(17)12(18)5-7)2-3-10(15)13(9)14(16)19;3-2(4,5)1(6)7/h2-3,7,11-12,17-18H,4-6,15H2,1H3;(H,6,7). The Hall–Kier alpha value is -2.33. The van der Waals surface area contributed by atoms with E-state index in [9.17, 15) is 28.2 Å². The highest BCUT2D eigenvalue weighted by Crippen LogP contribution is 2.40. The Morgan fingerprint density at radius 3 is 2.19 bits per heavy atom. The number of nitrogens with two attached hydrogens (primary N) is 1. The molecule has 2 atom stereocenters. The van der Waals surface area contributed by atoms with Crippen molar-refractivity contribution in [3.8, 4) is 0 Å². The van der Waals surface area contributed by atoms with E-state index >= 15 is 0 Å². The summed E-state index contributed by atoms with van der Waals surface area (Å²) in [5.74, 6) is -2.71. The minimum absolute atomic E-state index is 0.0477. The summed E-state index contributed by atoms with van der Waals surface area (Å²) in [4.78, 5) is 22.6. The summed E-state index contributed by atoms with van der Waals surface area (Å²) >= 11 is 0. The van der Waals surface area contributed by atoms with Crippen LogP contribution in [0.25, 0.3) is 0 Å². The Bertz CT molecular complexity index is 713. The number of aliphatic carboxylic acids is 1. The number of carboxylic acids is 1. The average molecular weight is 376 g/mol. The molecular formula is C16H19F3N2O5. The molecule has 2 aliphatic rings. The van der Waals surface area contributed by atoms with Gasteiger partial charge in [-0.2, -0.15) is 13.2 Å². The van der Waals surface area contributed by atoms with Crippen molar-refractivity contribution in [2.45, 2.75) is 43.7 Å². The second-order valence-electron chi connectivity index (χ2n) is 6.36. The molecule has 1 aliphatic heterocycles. The first-order valence-electron chi connectivity index (χ1n) is 7.76. The van der Waals surface area contributed by atoms with Crippen molar-refractivity contribution in [1.82, 2.24) is 4.90 Å². The van der Waals surface area contributed by atoms with Crippen LogP contribution in [0.15, 0.2) is 12.1 Å². The second-order valence-corrected chi connectivity index (χ2v) is 6.36. The molecule has 0 saturated heterocycles. The zero-order chi connectivity index (χ0) is 19.8. The summed E-state index contributed by atoms with van der Waals surface area (Å²) in [5, 5.41) is 26.5. The zero-order valence-electron chi connectivity index (χ0n) is 13.8. The lowest BCUT2D eigenvalue weighted by Crippen LogP contribution is -2.21. The van der Waals surface area contributed by atoms with Gasteiger partial charge in [0.1, 0.15) is 0 Å². The molecule has 0 radical (unpaired) electrons. The fourth-order valence-corrected chi connectivity index (χ4v) is 3.23. The van der Waals surface area contributed by atoms with Gasteiger partial charge in [-0.15, -0.1) is 0 Å². The predicted molar refractivity (Wildman–Crippen MR) is 84.3 cm³/mol. The maximum Gasteiger partial charge on any atom is 0.490 e. The number of carboxylic acid groups (broad SMARTS) is 1. The van der Waals surface area contributed by atoms with Crippen molar-refractivity contribution in [2.24, 2.45) is 0 Å². The third-order valence-electron chi connectivity index (χ3n) is 4.52. The summed E-state index contributed by atoms with van der Waals surface area (Å²) < 4.78 is 31.7. The molecular weight excluding hydrogens is 357 g/mol. The van der Waals surface area contributed by atoms with Gasteiger partial charge in [-0.3, -0.25) is 4.79 Å². The van der Waals surface area contributed by atoms with E-state index in [2.05, 4.69) is 0 Å². The maximum atomic E-state index is 12.1. The summed E-state index contributed by atoms with van der Waals surface area (Å²) in [6.07, 6.45) is -5.36. The Morgan fingerprint density at radius 2 is 1.73 bits per heavy atom. The maximum absolute atomic E-state index is 12.1. The van der Waals surface area contributed by atoms with Crippen molar-refractivity contribution < 1.29 is 38.1 Å². The first-order valence-corrected chi connectivity index (χ1v) is 7.76. The summed E-state index contributed by atoms with van der Waals surface area (Å²) in [6, 6.07) is 3.68. The topological polar surface area (TPSA) is 124 Å². The van der Waals surface area contributed by atoms with Crippen LogP contribution in [0.2, 0.25) is 0 Å². The van der Waals surface area contributed by atoms with Crippen LogP contribution in [0.5, 0.6) is 0 Å². The number of aliphatic hydroxyl groups excluding tert-OH is 2. The number of benzene rings is 1. The minimum Gasteiger partial charge on any atom is -0.475 e. The van der Waals surface area contributed by atoms with E-state index in [0.29, 0.717) is 30.6 Å². The van der Waals surface area contributed by atoms with Crippen LogP contribution in [0.1, 0.15) is 40.2 Å². The molecule has 5 N–H and O–H groups in total. The monoisotopic (exact) mass is 376 g/mol. The third-order valence-corrected chi connectivity index (χ3v) is 4.52. The molecule has 0 spiro atoms. The molecule has 1 aliphatic carbocycles. The van der Waals surface area contributed by atoms with Gasteiger partial charge in [0.05, 0.1) is 17.8 Å². The molecule has 1 fully saturated rings. The molecule has 26 heavy (non-hydrogen) atoms. The second kappa shape index (κ2) is 7.12. The van der Waals surface area contributed by atoms with Crippen molar-refractivity contribution in [3.63, 3.8) is 0 Å². The number of fused-ring (bicyclic) bond motifs is 1. The lowest BCUT2D eigenvalue weighted by Gasteiger charge is -2.15. The fourth-order valence-electron chi connectivity index (χ4n) is 3.23. The number of rotatable bonds is 1. The minimum atomic E-state index is -5.08. The van der Waals surface area contributed by atoms with Gasteiger partial charge < -0.3 is 26.0 Å². The van der Waals surface area contributed by atoms with Crippen LogP contribution in [-0.2, 0) is 11.3 Å². The molecule has 2 unspecified atom stereocenters. The van der Waals surface area contributed by atoms with E-state index < -0.39 is 24.4 Å². The SMILES string of the molecule is CN1Cc2c(C3CC(O)C(O)C3)ccc(N)c2C1=O.O=C(O)C(F)(F)F. The van der Waals surface area contributed by atoms with E-state index in [1.54, 1.807) is 18.0 Å². The molecule has 144 valence electrons. The number of alkyl halides is 3.